The zero-order chi connectivity index (χ0) is 18.2. The first kappa shape index (κ1) is 22.4. The molecule has 1 aliphatic rings. The van der Waals surface area contributed by atoms with Crippen molar-refractivity contribution >= 4 is 0 Å². The molecule has 1 atom stereocenters. The van der Waals surface area contributed by atoms with Crippen LogP contribution in [0.1, 0.15) is 53.0 Å². The molecular weight excluding hydrogens is 290 g/mol. The summed E-state index contributed by atoms with van der Waals surface area (Å²) in [4.78, 5) is 0. The molecule has 0 bridgehead atoms. The smallest absolute Gasteiger partial charge is 0.00227 e. The van der Waals surface area contributed by atoms with Crippen LogP contribution in [0.25, 0.3) is 11.1 Å². The first-order chi connectivity index (χ1) is 11.7. The average molecular weight is 328 g/mol. The molecule has 1 heteroatoms. The van der Waals surface area contributed by atoms with Crippen LogP contribution in [0.15, 0.2) is 54.6 Å². The van der Waals surface area contributed by atoms with E-state index in [4.69, 9.17) is 0 Å². The molecule has 3 rings (SSSR count). The van der Waals surface area contributed by atoms with E-state index in [1.165, 1.54) is 42.6 Å². The molecule has 0 amide bonds. The number of rotatable bonds is 1. The van der Waals surface area contributed by atoms with Crippen molar-refractivity contribution in [1.29, 1.82) is 0 Å². The van der Waals surface area contributed by atoms with Gasteiger partial charge in [0.05, 0.1) is 0 Å². The minimum absolute atomic E-state index is 0.935. The summed E-state index contributed by atoms with van der Waals surface area (Å²) in [5, 5.41) is 3.27. The molecule has 1 aliphatic heterocycles. The van der Waals surface area contributed by atoms with E-state index < -0.39 is 0 Å². The number of hydrogen-bond donors (Lipinski definition) is 1. The maximum absolute atomic E-state index is 3.27. The van der Waals surface area contributed by atoms with Crippen molar-refractivity contribution < 1.29 is 0 Å². The van der Waals surface area contributed by atoms with Gasteiger partial charge in [0.1, 0.15) is 0 Å². The molecule has 2 aromatic rings. The third kappa shape index (κ3) is 9.52. The van der Waals surface area contributed by atoms with E-state index in [0.29, 0.717) is 0 Å². The summed E-state index contributed by atoms with van der Waals surface area (Å²) < 4.78 is 0. The summed E-state index contributed by atoms with van der Waals surface area (Å²) in [5.74, 6) is 0.935. The Hall–Kier alpha value is -1.60. The van der Waals surface area contributed by atoms with Gasteiger partial charge in [-0.15, -0.1) is 0 Å². The van der Waals surface area contributed by atoms with Crippen LogP contribution in [0.2, 0.25) is 0 Å². The van der Waals surface area contributed by atoms with Gasteiger partial charge in [-0.1, -0.05) is 95.6 Å². The highest BCUT2D eigenvalue weighted by molar-refractivity contribution is 5.66. The van der Waals surface area contributed by atoms with Gasteiger partial charge in [-0.25, -0.2) is 0 Å². The van der Waals surface area contributed by atoms with Crippen molar-refractivity contribution in [2.45, 2.75) is 54.4 Å². The lowest BCUT2D eigenvalue weighted by atomic mass is 10.0. The molecule has 0 aromatic heterocycles. The van der Waals surface area contributed by atoms with E-state index >= 15 is 0 Å². The van der Waals surface area contributed by atoms with Gasteiger partial charge in [-0.2, -0.15) is 0 Å². The van der Waals surface area contributed by atoms with Crippen LogP contribution in [-0.2, 0) is 0 Å². The lowest BCUT2D eigenvalue weighted by molar-refractivity contribution is 0.651. The molecule has 0 spiro atoms. The monoisotopic (exact) mass is 327 g/mol. The topological polar surface area (TPSA) is 12.0 Å². The van der Waals surface area contributed by atoms with Gasteiger partial charge >= 0.3 is 0 Å². The SMILES string of the molecule is CC.CCC.C[C@@H]1CCNC1.Cc1ccccc1-c1ccccc1. The van der Waals surface area contributed by atoms with Crippen molar-refractivity contribution in [3.8, 4) is 11.1 Å². The van der Waals surface area contributed by atoms with Crippen molar-refractivity contribution in [1.82, 2.24) is 5.32 Å². The van der Waals surface area contributed by atoms with E-state index in [1.807, 2.05) is 19.9 Å². The predicted molar refractivity (Wildman–Crippen MR) is 111 cm³/mol. The summed E-state index contributed by atoms with van der Waals surface area (Å²) in [6.45, 7) is 15.1. The van der Waals surface area contributed by atoms with Gasteiger partial charge < -0.3 is 5.32 Å². The van der Waals surface area contributed by atoms with Crippen molar-refractivity contribution in [3.05, 3.63) is 60.2 Å². The largest absolute Gasteiger partial charge is 0.316 e. The van der Waals surface area contributed by atoms with Gasteiger partial charge in [0.2, 0.25) is 0 Å². The Morgan fingerprint density at radius 1 is 0.917 bits per heavy atom. The van der Waals surface area contributed by atoms with Crippen LogP contribution in [0.3, 0.4) is 0 Å². The van der Waals surface area contributed by atoms with Gasteiger partial charge in [0.15, 0.2) is 0 Å². The second kappa shape index (κ2) is 15.0. The number of aryl methyl sites for hydroxylation is 1. The third-order valence-electron chi connectivity index (χ3n) is 3.54. The van der Waals surface area contributed by atoms with E-state index in [0.717, 1.165) is 5.92 Å². The van der Waals surface area contributed by atoms with Crippen LogP contribution in [0, 0.1) is 12.8 Å². The van der Waals surface area contributed by atoms with E-state index in [9.17, 15) is 0 Å². The molecule has 1 saturated heterocycles. The second-order valence-electron chi connectivity index (χ2n) is 5.99. The maximum atomic E-state index is 3.27. The highest BCUT2D eigenvalue weighted by Crippen LogP contribution is 2.21. The highest BCUT2D eigenvalue weighted by atomic mass is 14.9. The molecule has 2 aromatic carbocycles. The first-order valence-corrected chi connectivity index (χ1v) is 9.50. The lowest BCUT2D eigenvalue weighted by Gasteiger charge is -2.04. The van der Waals surface area contributed by atoms with Gasteiger partial charge in [-0.05, 0) is 49.0 Å². The molecule has 0 unspecified atom stereocenters. The fraction of sp³-hybridized carbons (Fsp3) is 0.478. The van der Waals surface area contributed by atoms with Crippen LogP contribution in [0.5, 0.6) is 0 Å². The maximum Gasteiger partial charge on any atom is -0.00227 e. The molecule has 1 nitrogen and oxygen atoms in total. The van der Waals surface area contributed by atoms with Crippen molar-refractivity contribution in [2.24, 2.45) is 5.92 Å². The van der Waals surface area contributed by atoms with Gasteiger partial charge in [0, 0.05) is 0 Å². The minimum atomic E-state index is 0.935. The van der Waals surface area contributed by atoms with Crippen LogP contribution in [0.4, 0.5) is 0 Å². The Morgan fingerprint density at radius 2 is 1.46 bits per heavy atom. The van der Waals surface area contributed by atoms with E-state index in [2.05, 4.69) is 81.5 Å². The van der Waals surface area contributed by atoms with Crippen LogP contribution < -0.4 is 5.32 Å². The molecule has 0 radical (unpaired) electrons. The summed E-state index contributed by atoms with van der Waals surface area (Å²) in [6.07, 6.45) is 2.62. The van der Waals surface area contributed by atoms with Crippen LogP contribution >= 0.6 is 0 Å². The summed E-state index contributed by atoms with van der Waals surface area (Å²) in [5.41, 5.74) is 3.94. The Kier molecular flexibility index (Phi) is 14.0. The number of hydrogen-bond acceptors (Lipinski definition) is 1. The Balaban J connectivity index is 0.000000402. The van der Waals surface area contributed by atoms with Crippen LogP contribution in [-0.4, -0.2) is 13.1 Å². The standard InChI is InChI=1S/C13H12.C5H11N.C3H8.C2H6/c1-11-7-5-6-10-13(11)12-8-3-2-4-9-12;1-5-2-3-6-4-5;1-3-2;1-2/h2-10H,1H3;5-6H,2-4H2,1H3;3H2,1-2H3;1-2H3/t;5-;;/m.1../s1. The normalized spacial score (nSPS) is 15.0. The second-order valence-corrected chi connectivity index (χ2v) is 5.99. The lowest BCUT2D eigenvalue weighted by Crippen LogP contribution is -2.06. The third-order valence-corrected chi connectivity index (χ3v) is 3.54. The van der Waals surface area contributed by atoms with Crippen molar-refractivity contribution in [2.75, 3.05) is 13.1 Å². The highest BCUT2D eigenvalue weighted by Gasteiger charge is 2.06. The quantitative estimate of drug-likeness (QED) is 0.613. The Morgan fingerprint density at radius 3 is 1.88 bits per heavy atom. The molecule has 1 fully saturated rings. The summed E-state index contributed by atoms with van der Waals surface area (Å²) in [6, 6.07) is 18.9. The first-order valence-electron chi connectivity index (χ1n) is 9.50. The van der Waals surface area contributed by atoms with E-state index in [1.54, 1.807) is 0 Å². The summed E-state index contributed by atoms with van der Waals surface area (Å²) >= 11 is 0. The number of benzene rings is 2. The van der Waals surface area contributed by atoms with Gasteiger partial charge in [0.25, 0.3) is 0 Å². The zero-order valence-corrected chi connectivity index (χ0v) is 16.6. The minimum Gasteiger partial charge on any atom is -0.316 e. The van der Waals surface area contributed by atoms with Gasteiger partial charge in [-0.3, -0.25) is 0 Å². The zero-order valence-electron chi connectivity index (χ0n) is 16.6. The Bertz CT molecular complexity index is 498. The summed E-state index contributed by atoms with van der Waals surface area (Å²) in [7, 11) is 0. The average Bonchev–Trinajstić information content (AvgIpc) is 3.10. The molecule has 0 aliphatic carbocycles. The van der Waals surface area contributed by atoms with Crippen molar-refractivity contribution in [3.63, 3.8) is 0 Å². The predicted octanol–water partition coefficient (Wildman–Crippen LogP) is 6.72. The fourth-order valence-electron chi connectivity index (χ4n) is 2.31. The molecule has 24 heavy (non-hydrogen) atoms. The molecule has 1 N–H and O–H groups in total. The molecule has 1 heterocycles. The Labute approximate surface area is 150 Å². The number of nitrogens with one attached hydrogen (secondary N) is 1. The van der Waals surface area contributed by atoms with E-state index in [-0.39, 0.29) is 0 Å². The molecule has 134 valence electrons. The fourth-order valence-corrected chi connectivity index (χ4v) is 2.31. The molecule has 0 saturated carbocycles. The molecular formula is C23H37N.